The second kappa shape index (κ2) is 8.36. The third-order valence-corrected chi connectivity index (χ3v) is 4.93. The van der Waals surface area contributed by atoms with Crippen molar-refractivity contribution in [2.45, 2.75) is 18.6 Å². The van der Waals surface area contributed by atoms with Gasteiger partial charge in [-0.3, -0.25) is 4.79 Å². The van der Waals surface area contributed by atoms with Gasteiger partial charge >= 0.3 is 0 Å². The number of halogens is 1. The molecular formula is C19H17BrN2O2S. The van der Waals surface area contributed by atoms with Gasteiger partial charge in [-0.15, -0.1) is 0 Å². The van der Waals surface area contributed by atoms with Gasteiger partial charge in [0, 0.05) is 15.7 Å². The Hall–Kier alpha value is -2.05. The summed E-state index contributed by atoms with van der Waals surface area (Å²) in [5.74, 6) is 0.852. The molecule has 0 radical (unpaired) electrons. The number of oxazole rings is 1. The normalized spacial score (nSPS) is 10.6. The third-order valence-electron chi connectivity index (χ3n) is 3.59. The molecule has 0 fully saturated rings. The molecule has 3 rings (SSSR count). The van der Waals surface area contributed by atoms with E-state index in [0.717, 1.165) is 27.7 Å². The van der Waals surface area contributed by atoms with Crippen LogP contribution >= 0.6 is 27.7 Å². The first-order valence-corrected chi connectivity index (χ1v) is 9.66. The lowest BCUT2D eigenvalue weighted by molar-refractivity contribution is -0.113. The van der Waals surface area contributed by atoms with E-state index in [1.54, 1.807) is 6.20 Å². The number of nitrogens with one attached hydrogen (secondary N) is 1. The lowest BCUT2D eigenvalue weighted by Crippen LogP contribution is -2.15. The molecule has 128 valence electrons. The van der Waals surface area contributed by atoms with E-state index in [-0.39, 0.29) is 11.7 Å². The SMILES string of the molecule is CCc1ccccc1NC(=O)CSc1ncc(-c2cccc(Br)c2)o1. The Morgan fingerprint density at radius 3 is 2.88 bits per heavy atom. The molecular weight excluding hydrogens is 400 g/mol. The van der Waals surface area contributed by atoms with Crippen molar-refractivity contribution in [2.75, 3.05) is 11.1 Å². The molecule has 2 aromatic carbocycles. The zero-order valence-electron chi connectivity index (χ0n) is 13.7. The first kappa shape index (κ1) is 17.8. The minimum absolute atomic E-state index is 0.0758. The average molecular weight is 417 g/mol. The Bertz CT molecular complexity index is 879. The third kappa shape index (κ3) is 4.74. The summed E-state index contributed by atoms with van der Waals surface area (Å²) in [6.45, 7) is 2.07. The van der Waals surface area contributed by atoms with Gasteiger partial charge in [-0.2, -0.15) is 0 Å². The predicted octanol–water partition coefficient (Wildman–Crippen LogP) is 5.40. The van der Waals surface area contributed by atoms with Crippen molar-refractivity contribution >= 4 is 39.3 Å². The summed E-state index contributed by atoms with van der Waals surface area (Å²) in [6, 6.07) is 15.6. The monoisotopic (exact) mass is 416 g/mol. The number of thioether (sulfide) groups is 1. The van der Waals surface area contributed by atoms with Crippen molar-refractivity contribution in [3.8, 4) is 11.3 Å². The van der Waals surface area contributed by atoms with Gasteiger partial charge in [-0.25, -0.2) is 4.98 Å². The van der Waals surface area contributed by atoms with Crippen LogP contribution in [-0.2, 0) is 11.2 Å². The summed E-state index contributed by atoms with van der Waals surface area (Å²) in [5, 5.41) is 3.42. The molecule has 0 saturated carbocycles. The zero-order chi connectivity index (χ0) is 17.6. The lowest BCUT2D eigenvalue weighted by atomic mass is 10.1. The van der Waals surface area contributed by atoms with Crippen LogP contribution in [0.4, 0.5) is 5.69 Å². The fraction of sp³-hybridized carbons (Fsp3) is 0.158. The van der Waals surface area contributed by atoms with Gasteiger partial charge in [-0.1, -0.05) is 64.9 Å². The van der Waals surface area contributed by atoms with Crippen molar-refractivity contribution in [1.29, 1.82) is 0 Å². The van der Waals surface area contributed by atoms with Crippen LogP contribution in [0.2, 0.25) is 0 Å². The number of benzene rings is 2. The molecule has 0 aliphatic rings. The zero-order valence-corrected chi connectivity index (χ0v) is 16.1. The highest BCUT2D eigenvalue weighted by atomic mass is 79.9. The topological polar surface area (TPSA) is 55.1 Å². The van der Waals surface area contributed by atoms with E-state index in [2.05, 4.69) is 33.2 Å². The molecule has 25 heavy (non-hydrogen) atoms. The number of aromatic nitrogens is 1. The molecule has 0 aliphatic heterocycles. The maximum absolute atomic E-state index is 12.2. The standard InChI is InChI=1S/C19H17BrN2O2S/c1-2-13-6-3-4-9-16(13)22-18(23)12-25-19-21-11-17(24-19)14-7-5-8-15(20)10-14/h3-11H,2,12H2,1H3,(H,22,23). The molecule has 1 amide bonds. The number of aryl methyl sites for hydroxylation is 1. The molecule has 0 bridgehead atoms. The van der Waals surface area contributed by atoms with Gasteiger partial charge < -0.3 is 9.73 Å². The molecule has 0 spiro atoms. The number of carbonyl (C=O) groups is 1. The van der Waals surface area contributed by atoms with Crippen LogP contribution in [0, 0.1) is 0 Å². The van der Waals surface area contributed by atoms with Crippen LogP contribution in [0.25, 0.3) is 11.3 Å². The second-order valence-electron chi connectivity index (χ2n) is 5.35. The van der Waals surface area contributed by atoms with Crippen molar-refractivity contribution < 1.29 is 9.21 Å². The first-order valence-electron chi connectivity index (χ1n) is 7.88. The molecule has 0 saturated heterocycles. The number of para-hydroxylation sites is 1. The Kier molecular flexibility index (Phi) is 5.94. The number of amides is 1. The average Bonchev–Trinajstić information content (AvgIpc) is 3.09. The summed E-state index contributed by atoms with van der Waals surface area (Å²) >= 11 is 4.72. The summed E-state index contributed by atoms with van der Waals surface area (Å²) in [5.41, 5.74) is 2.92. The fourth-order valence-corrected chi connectivity index (χ4v) is 3.37. The highest BCUT2D eigenvalue weighted by molar-refractivity contribution is 9.10. The van der Waals surface area contributed by atoms with Crippen LogP contribution in [0.5, 0.6) is 0 Å². The van der Waals surface area contributed by atoms with E-state index < -0.39 is 0 Å². The van der Waals surface area contributed by atoms with Crippen LogP contribution in [0.15, 0.2) is 68.8 Å². The van der Waals surface area contributed by atoms with Gasteiger partial charge in [-0.05, 0) is 30.2 Å². The molecule has 1 heterocycles. The highest BCUT2D eigenvalue weighted by Crippen LogP contribution is 2.27. The van der Waals surface area contributed by atoms with Gasteiger partial charge in [0.25, 0.3) is 5.22 Å². The molecule has 3 aromatic rings. The minimum Gasteiger partial charge on any atom is -0.431 e. The number of anilines is 1. The van der Waals surface area contributed by atoms with Crippen LogP contribution in [0.3, 0.4) is 0 Å². The van der Waals surface area contributed by atoms with Crippen molar-refractivity contribution in [1.82, 2.24) is 4.98 Å². The Balaban J connectivity index is 1.59. The van der Waals surface area contributed by atoms with E-state index in [1.807, 2.05) is 48.5 Å². The van der Waals surface area contributed by atoms with E-state index in [9.17, 15) is 4.79 Å². The number of rotatable bonds is 6. The summed E-state index contributed by atoms with van der Waals surface area (Å²) in [7, 11) is 0. The lowest BCUT2D eigenvalue weighted by Gasteiger charge is -2.08. The summed E-state index contributed by atoms with van der Waals surface area (Å²) in [4.78, 5) is 16.4. The van der Waals surface area contributed by atoms with E-state index >= 15 is 0 Å². The van der Waals surface area contributed by atoms with Crippen LogP contribution < -0.4 is 5.32 Å². The molecule has 0 unspecified atom stereocenters. The van der Waals surface area contributed by atoms with Gasteiger partial charge in [0.05, 0.1) is 11.9 Å². The number of hydrogen-bond donors (Lipinski definition) is 1. The quantitative estimate of drug-likeness (QED) is 0.546. The predicted molar refractivity (Wildman–Crippen MR) is 105 cm³/mol. The van der Waals surface area contributed by atoms with Gasteiger partial charge in [0.1, 0.15) is 0 Å². The molecule has 0 atom stereocenters. The Labute approximate surface area is 159 Å². The highest BCUT2D eigenvalue weighted by Gasteiger charge is 2.11. The maximum Gasteiger partial charge on any atom is 0.256 e. The van der Waals surface area contributed by atoms with Crippen molar-refractivity contribution in [3.63, 3.8) is 0 Å². The molecule has 6 heteroatoms. The molecule has 4 nitrogen and oxygen atoms in total. The summed E-state index contributed by atoms with van der Waals surface area (Å²) < 4.78 is 6.70. The number of nitrogens with zero attached hydrogens (tertiary/aromatic N) is 1. The van der Waals surface area contributed by atoms with Crippen LogP contribution in [-0.4, -0.2) is 16.6 Å². The molecule has 1 N–H and O–H groups in total. The number of carbonyl (C=O) groups excluding carboxylic acids is 1. The first-order chi connectivity index (χ1) is 12.2. The van der Waals surface area contributed by atoms with Gasteiger partial charge in [0.2, 0.25) is 5.91 Å². The molecule has 0 aliphatic carbocycles. The van der Waals surface area contributed by atoms with Gasteiger partial charge in [0.15, 0.2) is 5.76 Å². The largest absolute Gasteiger partial charge is 0.431 e. The van der Waals surface area contributed by atoms with Crippen molar-refractivity contribution in [2.24, 2.45) is 0 Å². The van der Waals surface area contributed by atoms with E-state index in [1.165, 1.54) is 11.8 Å². The molecule has 1 aromatic heterocycles. The number of hydrogen-bond acceptors (Lipinski definition) is 4. The van der Waals surface area contributed by atoms with E-state index in [4.69, 9.17) is 4.42 Å². The Morgan fingerprint density at radius 2 is 2.08 bits per heavy atom. The smallest absolute Gasteiger partial charge is 0.256 e. The van der Waals surface area contributed by atoms with Crippen LogP contribution in [0.1, 0.15) is 12.5 Å². The fourth-order valence-electron chi connectivity index (χ4n) is 2.36. The maximum atomic E-state index is 12.2. The van der Waals surface area contributed by atoms with E-state index in [0.29, 0.717) is 11.0 Å². The Morgan fingerprint density at radius 1 is 1.24 bits per heavy atom. The van der Waals surface area contributed by atoms with Crippen molar-refractivity contribution in [3.05, 3.63) is 64.8 Å². The second-order valence-corrected chi connectivity index (χ2v) is 7.19. The minimum atomic E-state index is -0.0758. The summed E-state index contributed by atoms with van der Waals surface area (Å²) in [6.07, 6.45) is 2.55.